The van der Waals surface area contributed by atoms with Crippen LogP contribution >= 0.6 is 0 Å². The van der Waals surface area contributed by atoms with E-state index in [2.05, 4.69) is 0 Å². The standard InChI is InChI=1S/C56H42O8/c57-53(58)49-45(34-17-4-1-5-18-34)51(46(49)35-19-6-2-7-20-35)56(62)64-44-32-40(31-38-23-11-13-28-42(38)44)37-25-14-26-39(30-37)48-50(54(59)60)47(36-21-8-3-9-22-36)52(48)55(61)63-43-29-15-24-33-16-10-12-27-41(33)43/h1-32,45-52H,(H,57,58)(H,59,60)/t45-,46-,47+,48+,49-,50-,51-,52-/m1/s1. The summed E-state index contributed by atoms with van der Waals surface area (Å²) in [5, 5.41) is 24.5. The van der Waals surface area contributed by atoms with Crippen LogP contribution in [0.4, 0.5) is 0 Å². The molecule has 0 amide bonds. The number of carbonyl (C=O) groups is 4. The minimum atomic E-state index is -1.01. The number of fused-ring (bicyclic) bond motifs is 2. The summed E-state index contributed by atoms with van der Waals surface area (Å²) >= 11 is 0. The first-order chi connectivity index (χ1) is 31.3. The Morgan fingerprint density at radius 3 is 1.28 bits per heavy atom. The minimum Gasteiger partial charge on any atom is -0.481 e. The van der Waals surface area contributed by atoms with E-state index in [0.29, 0.717) is 28.0 Å². The zero-order chi connectivity index (χ0) is 43.9. The molecule has 8 nitrogen and oxygen atoms in total. The van der Waals surface area contributed by atoms with Crippen LogP contribution in [-0.2, 0) is 19.2 Å². The number of benzene rings is 8. The van der Waals surface area contributed by atoms with E-state index in [1.54, 1.807) is 12.1 Å². The van der Waals surface area contributed by atoms with Crippen molar-refractivity contribution in [2.75, 3.05) is 0 Å². The number of hydrogen-bond acceptors (Lipinski definition) is 6. The molecule has 2 aliphatic rings. The summed E-state index contributed by atoms with van der Waals surface area (Å²) in [6.07, 6.45) is 0. The number of ether oxygens (including phenoxy) is 2. The lowest BCUT2D eigenvalue weighted by molar-refractivity contribution is -0.160. The van der Waals surface area contributed by atoms with Gasteiger partial charge in [-0.3, -0.25) is 19.2 Å². The van der Waals surface area contributed by atoms with Crippen LogP contribution in [0.1, 0.15) is 45.9 Å². The molecule has 64 heavy (non-hydrogen) atoms. The lowest BCUT2D eigenvalue weighted by Gasteiger charge is -2.49. The lowest BCUT2D eigenvalue weighted by atomic mass is 9.52. The van der Waals surface area contributed by atoms with Gasteiger partial charge < -0.3 is 19.7 Å². The highest BCUT2D eigenvalue weighted by Gasteiger charge is 2.60. The van der Waals surface area contributed by atoms with Gasteiger partial charge >= 0.3 is 23.9 Å². The summed E-state index contributed by atoms with van der Waals surface area (Å²) in [5.41, 5.74) is 4.35. The molecule has 2 aliphatic carbocycles. The van der Waals surface area contributed by atoms with E-state index in [1.165, 1.54) is 0 Å². The first kappa shape index (κ1) is 40.2. The summed E-state index contributed by atoms with van der Waals surface area (Å²) in [6, 6.07) is 59.9. The van der Waals surface area contributed by atoms with Gasteiger partial charge in [0.2, 0.25) is 0 Å². The third-order valence-electron chi connectivity index (χ3n) is 13.4. The zero-order valence-electron chi connectivity index (χ0n) is 34.4. The average molecular weight is 843 g/mol. The summed E-state index contributed by atoms with van der Waals surface area (Å²) in [6.45, 7) is 0. The van der Waals surface area contributed by atoms with Crippen molar-refractivity contribution in [3.8, 4) is 22.6 Å². The van der Waals surface area contributed by atoms with Crippen LogP contribution in [0.15, 0.2) is 194 Å². The molecule has 0 unspecified atom stereocenters. The number of hydrogen-bond donors (Lipinski definition) is 2. The normalized spacial score (nSPS) is 22.4. The maximum atomic E-state index is 14.6. The van der Waals surface area contributed by atoms with Gasteiger partial charge in [-0.1, -0.05) is 176 Å². The molecule has 2 saturated carbocycles. The van der Waals surface area contributed by atoms with E-state index in [1.807, 2.05) is 182 Å². The second-order valence-electron chi connectivity index (χ2n) is 16.8. The molecule has 0 aliphatic heterocycles. The first-order valence-corrected chi connectivity index (χ1v) is 21.4. The number of carboxylic acids is 2. The van der Waals surface area contributed by atoms with Gasteiger partial charge in [0, 0.05) is 34.4 Å². The summed E-state index contributed by atoms with van der Waals surface area (Å²) < 4.78 is 12.6. The molecule has 314 valence electrons. The molecule has 8 aromatic carbocycles. The lowest BCUT2D eigenvalue weighted by Crippen LogP contribution is -2.52. The molecule has 2 N–H and O–H groups in total. The zero-order valence-corrected chi connectivity index (χ0v) is 34.4. The smallest absolute Gasteiger partial charge is 0.315 e. The second kappa shape index (κ2) is 16.8. The number of carboxylic acid groups (broad SMARTS) is 2. The maximum Gasteiger partial charge on any atom is 0.315 e. The van der Waals surface area contributed by atoms with Crippen LogP contribution < -0.4 is 9.47 Å². The predicted molar refractivity (Wildman–Crippen MR) is 244 cm³/mol. The Hall–Kier alpha value is -7.84. The average Bonchev–Trinajstić information content (AvgIpc) is 3.29. The second-order valence-corrected chi connectivity index (χ2v) is 16.8. The fourth-order valence-corrected chi connectivity index (χ4v) is 10.5. The Kier molecular flexibility index (Phi) is 10.6. The monoisotopic (exact) mass is 842 g/mol. The van der Waals surface area contributed by atoms with E-state index < -0.39 is 71.2 Å². The molecule has 2 fully saturated rings. The van der Waals surface area contributed by atoms with Crippen molar-refractivity contribution in [2.24, 2.45) is 23.7 Å². The van der Waals surface area contributed by atoms with E-state index in [0.717, 1.165) is 38.4 Å². The van der Waals surface area contributed by atoms with Crippen molar-refractivity contribution in [1.29, 1.82) is 0 Å². The molecule has 8 heteroatoms. The van der Waals surface area contributed by atoms with Gasteiger partial charge in [-0.25, -0.2) is 0 Å². The summed E-state index contributed by atoms with van der Waals surface area (Å²) in [5.74, 6) is -8.30. The Morgan fingerprint density at radius 2 is 0.750 bits per heavy atom. The van der Waals surface area contributed by atoms with Crippen LogP contribution in [0, 0.1) is 23.7 Å². The number of rotatable bonds is 11. The van der Waals surface area contributed by atoms with E-state index in [-0.39, 0.29) is 0 Å². The highest BCUT2D eigenvalue weighted by Crippen LogP contribution is 2.60. The van der Waals surface area contributed by atoms with Crippen molar-refractivity contribution in [3.05, 3.63) is 216 Å². The Morgan fingerprint density at radius 1 is 0.344 bits per heavy atom. The highest BCUT2D eigenvalue weighted by molar-refractivity contribution is 5.96. The van der Waals surface area contributed by atoms with Gasteiger partial charge in [0.05, 0.1) is 23.7 Å². The molecule has 0 radical (unpaired) electrons. The van der Waals surface area contributed by atoms with Crippen molar-refractivity contribution in [3.63, 3.8) is 0 Å². The van der Waals surface area contributed by atoms with Gasteiger partial charge in [-0.15, -0.1) is 0 Å². The maximum absolute atomic E-state index is 14.6. The van der Waals surface area contributed by atoms with Gasteiger partial charge in [0.1, 0.15) is 11.5 Å². The first-order valence-electron chi connectivity index (χ1n) is 21.4. The molecule has 0 spiro atoms. The van der Waals surface area contributed by atoms with Gasteiger partial charge in [0.15, 0.2) is 0 Å². The number of carbonyl (C=O) groups excluding carboxylic acids is 2. The van der Waals surface area contributed by atoms with Crippen molar-refractivity contribution >= 4 is 45.4 Å². The molecule has 0 heterocycles. The molecule has 0 aromatic heterocycles. The molecule has 0 bridgehead atoms. The minimum absolute atomic E-state index is 0.314. The molecule has 0 saturated heterocycles. The number of esters is 2. The van der Waals surface area contributed by atoms with E-state index >= 15 is 0 Å². The Labute approximate surface area is 369 Å². The highest BCUT2D eigenvalue weighted by atomic mass is 16.5. The van der Waals surface area contributed by atoms with Crippen molar-refractivity contribution in [1.82, 2.24) is 0 Å². The fraction of sp³-hybridized carbons (Fsp3) is 0.143. The van der Waals surface area contributed by atoms with Crippen molar-refractivity contribution < 1.29 is 38.9 Å². The molecule has 10 rings (SSSR count). The fourth-order valence-electron chi connectivity index (χ4n) is 10.5. The van der Waals surface area contributed by atoms with E-state index in [4.69, 9.17) is 9.47 Å². The quantitative estimate of drug-likeness (QED) is 0.0973. The molecule has 8 aromatic rings. The number of aliphatic carboxylic acids is 2. The van der Waals surface area contributed by atoms with Crippen LogP contribution in [0.25, 0.3) is 32.7 Å². The van der Waals surface area contributed by atoms with Crippen LogP contribution in [0.2, 0.25) is 0 Å². The predicted octanol–water partition coefficient (Wildman–Crippen LogP) is 11.3. The van der Waals surface area contributed by atoms with Gasteiger partial charge in [-0.2, -0.15) is 0 Å². The van der Waals surface area contributed by atoms with Crippen LogP contribution in [0.3, 0.4) is 0 Å². The Bertz CT molecular complexity index is 3000. The van der Waals surface area contributed by atoms with Gasteiger partial charge in [0.25, 0.3) is 0 Å². The summed E-state index contributed by atoms with van der Waals surface area (Å²) in [4.78, 5) is 55.3. The van der Waals surface area contributed by atoms with E-state index in [9.17, 15) is 29.4 Å². The molecular formula is C56H42O8. The SMILES string of the molecule is O=C(O)[C@@H]1[C@H](c2ccccc2)[C@@H](C(=O)Oc2cccc3ccccc23)[C@H]1c1cccc(-c2cc(OC(=O)[C@H]3[C@H](c4ccccc4)[C@H](C(=O)O)[C@H]3c3ccccc3)c3ccccc3c2)c1. The molecule has 6 atom stereocenters. The summed E-state index contributed by atoms with van der Waals surface area (Å²) in [7, 11) is 0. The largest absolute Gasteiger partial charge is 0.481 e. The van der Waals surface area contributed by atoms with Crippen LogP contribution in [-0.4, -0.2) is 34.1 Å². The topological polar surface area (TPSA) is 127 Å². The molecular weight excluding hydrogens is 801 g/mol. The van der Waals surface area contributed by atoms with Crippen molar-refractivity contribution in [2.45, 2.75) is 23.7 Å². The van der Waals surface area contributed by atoms with Gasteiger partial charge in [-0.05, 0) is 62.4 Å². The third-order valence-corrected chi connectivity index (χ3v) is 13.4. The van der Waals surface area contributed by atoms with Crippen LogP contribution in [0.5, 0.6) is 11.5 Å². The Balaban J connectivity index is 1.02. The third kappa shape index (κ3) is 7.16.